The van der Waals surface area contributed by atoms with Gasteiger partial charge in [0.15, 0.2) is 0 Å². The zero-order valence-electron chi connectivity index (χ0n) is 10.6. The molecule has 0 aromatic rings. The highest BCUT2D eigenvalue weighted by atomic mass is 16.5. The fourth-order valence-electron chi connectivity index (χ4n) is 2.86. The van der Waals surface area contributed by atoms with Gasteiger partial charge in [-0.3, -0.25) is 4.79 Å². The SMILES string of the molecule is CC1(C)CCC(NC(=O)C2(C)CCCO2)C1. The van der Waals surface area contributed by atoms with E-state index in [1.807, 2.05) is 6.92 Å². The molecule has 2 unspecified atom stereocenters. The van der Waals surface area contributed by atoms with Crippen LogP contribution in [0.1, 0.15) is 52.9 Å². The molecule has 2 atom stereocenters. The van der Waals surface area contributed by atoms with Gasteiger partial charge in [-0.15, -0.1) is 0 Å². The normalized spacial score (nSPS) is 37.6. The first-order valence-electron chi connectivity index (χ1n) is 6.36. The fourth-order valence-corrected chi connectivity index (χ4v) is 2.86. The highest BCUT2D eigenvalue weighted by Gasteiger charge is 2.40. The second-order valence-electron chi connectivity index (χ2n) is 6.26. The topological polar surface area (TPSA) is 38.3 Å². The van der Waals surface area contributed by atoms with E-state index in [0.29, 0.717) is 11.5 Å². The molecule has 2 rings (SSSR count). The molecular weight excluding hydrogens is 202 g/mol. The Morgan fingerprint density at radius 3 is 2.56 bits per heavy atom. The summed E-state index contributed by atoms with van der Waals surface area (Å²) in [6.07, 6.45) is 5.26. The maximum Gasteiger partial charge on any atom is 0.252 e. The van der Waals surface area contributed by atoms with Crippen molar-refractivity contribution in [2.75, 3.05) is 6.61 Å². The summed E-state index contributed by atoms with van der Waals surface area (Å²) in [5, 5.41) is 3.15. The number of hydrogen-bond acceptors (Lipinski definition) is 2. The molecule has 1 heterocycles. The molecule has 92 valence electrons. The van der Waals surface area contributed by atoms with Crippen LogP contribution < -0.4 is 5.32 Å². The molecule has 1 aliphatic heterocycles. The Bertz CT molecular complexity index is 280. The summed E-state index contributed by atoms with van der Waals surface area (Å²) in [5.41, 5.74) is -0.178. The van der Waals surface area contributed by atoms with Crippen LogP contribution in [-0.2, 0) is 9.53 Å². The van der Waals surface area contributed by atoms with Gasteiger partial charge in [0.25, 0.3) is 5.91 Å². The third-order valence-corrected chi connectivity index (χ3v) is 4.00. The van der Waals surface area contributed by atoms with Gasteiger partial charge in [0.1, 0.15) is 5.60 Å². The molecule has 1 saturated heterocycles. The Hall–Kier alpha value is -0.570. The lowest BCUT2D eigenvalue weighted by atomic mass is 9.91. The van der Waals surface area contributed by atoms with Crippen LogP contribution >= 0.6 is 0 Å². The molecule has 2 aliphatic rings. The number of hydrogen-bond donors (Lipinski definition) is 1. The Labute approximate surface area is 97.9 Å². The van der Waals surface area contributed by atoms with Crippen molar-refractivity contribution in [1.29, 1.82) is 0 Å². The van der Waals surface area contributed by atoms with E-state index >= 15 is 0 Å². The molecule has 0 radical (unpaired) electrons. The first-order valence-corrected chi connectivity index (χ1v) is 6.36. The number of ether oxygens (including phenoxy) is 1. The molecule has 0 aromatic carbocycles. The summed E-state index contributed by atoms with van der Waals surface area (Å²) in [6.45, 7) is 7.18. The fraction of sp³-hybridized carbons (Fsp3) is 0.923. The monoisotopic (exact) mass is 225 g/mol. The van der Waals surface area contributed by atoms with E-state index in [4.69, 9.17) is 4.74 Å². The quantitative estimate of drug-likeness (QED) is 0.782. The summed E-state index contributed by atoms with van der Waals surface area (Å²) in [6, 6.07) is 0.350. The third kappa shape index (κ3) is 2.40. The summed E-state index contributed by atoms with van der Waals surface area (Å²) >= 11 is 0. The van der Waals surface area contributed by atoms with Crippen molar-refractivity contribution in [2.24, 2.45) is 5.41 Å². The number of nitrogens with one attached hydrogen (secondary N) is 1. The first-order chi connectivity index (χ1) is 7.41. The van der Waals surface area contributed by atoms with E-state index in [1.165, 1.54) is 6.42 Å². The Morgan fingerprint density at radius 2 is 2.06 bits per heavy atom. The van der Waals surface area contributed by atoms with Gasteiger partial charge < -0.3 is 10.1 Å². The zero-order chi connectivity index (χ0) is 11.8. The number of rotatable bonds is 2. The number of carbonyl (C=O) groups excluding carboxylic acids is 1. The van der Waals surface area contributed by atoms with E-state index in [0.717, 1.165) is 32.3 Å². The van der Waals surface area contributed by atoms with Gasteiger partial charge in [-0.05, 0) is 44.4 Å². The van der Waals surface area contributed by atoms with Gasteiger partial charge in [0.2, 0.25) is 0 Å². The van der Waals surface area contributed by atoms with Crippen LogP contribution in [0, 0.1) is 5.41 Å². The van der Waals surface area contributed by atoms with Gasteiger partial charge in [0.05, 0.1) is 0 Å². The average molecular weight is 225 g/mol. The molecule has 3 heteroatoms. The summed E-state index contributed by atoms with van der Waals surface area (Å²) < 4.78 is 5.55. The average Bonchev–Trinajstić information content (AvgIpc) is 2.74. The minimum Gasteiger partial charge on any atom is -0.365 e. The zero-order valence-corrected chi connectivity index (χ0v) is 10.6. The van der Waals surface area contributed by atoms with Gasteiger partial charge in [-0.1, -0.05) is 13.8 Å². The highest BCUT2D eigenvalue weighted by Crippen LogP contribution is 2.37. The summed E-state index contributed by atoms with van der Waals surface area (Å²) in [5.74, 6) is 0.0905. The molecule has 0 spiro atoms. The predicted molar refractivity (Wildman–Crippen MR) is 63.2 cm³/mol. The summed E-state index contributed by atoms with van der Waals surface area (Å²) in [7, 11) is 0. The van der Waals surface area contributed by atoms with Crippen molar-refractivity contribution in [2.45, 2.75) is 64.5 Å². The van der Waals surface area contributed by atoms with E-state index < -0.39 is 5.60 Å². The predicted octanol–water partition coefficient (Wildman–Crippen LogP) is 2.25. The maximum atomic E-state index is 12.1. The van der Waals surface area contributed by atoms with Crippen molar-refractivity contribution >= 4 is 5.91 Å². The van der Waals surface area contributed by atoms with E-state index in [1.54, 1.807) is 0 Å². The third-order valence-electron chi connectivity index (χ3n) is 4.00. The van der Waals surface area contributed by atoms with Crippen LogP contribution in [0.25, 0.3) is 0 Å². The molecule has 1 aliphatic carbocycles. The number of amides is 1. The minimum atomic E-state index is -0.563. The van der Waals surface area contributed by atoms with Crippen LogP contribution in [0.4, 0.5) is 0 Å². The number of carbonyl (C=O) groups is 1. The van der Waals surface area contributed by atoms with Crippen LogP contribution in [0.2, 0.25) is 0 Å². The van der Waals surface area contributed by atoms with Gasteiger partial charge in [-0.2, -0.15) is 0 Å². The second kappa shape index (κ2) is 4.02. The Balaban J connectivity index is 1.88. The first kappa shape index (κ1) is 11.9. The molecule has 0 bridgehead atoms. The van der Waals surface area contributed by atoms with E-state index in [-0.39, 0.29) is 5.91 Å². The molecule has 1 saturated carbocycles. The largest absolute Gasteiger partial charge is 0.365 e. The van der Waals surface area contributed by atoms with Gasteiger partial charge >= 0.3 is 0 Å². The van der Waals surface area contributed by atoms with Crippen molar-refractivity contribution in [3.63, 3.8) is 0 Å². The molecule has 16 heavy (non-hydrogen) atoms. The smallest absolute Gasteiger partial charge is 0.252 e. The lowest BCUT2D eigenvalue weighted by Crippen LogP contribution is -2.47. The maximum absolute atomic E-state index is 12.1. The van der Waals surface area contributed by atoms with Crippen molar-refractivity contribution in [1.82, 2.24) is 5.32 Å². The van der Waals surface area contributed by atoms with Crippen molar-refractivity contribution in [3.05, 3.63) is 0 Å². The second-order valence-corrected chi connectivity index (χ2v) is 6.26. The molecular formula is C13H23NO2. The van der Waals surface area contributed by atoms with Crippen molar-refractivity contribution in [3.8, 4) is 0 Å². The molecule has 1 amide bonds. The highest BCUT2D eigenvalue weighted by molar-refractivity contribution is 5.85. The van der Waals surface area contributed by atoms with Crippen LogP contribution in [0.15, 0.2) is 0 Å². The molecule has 0 aromatic heterocycles. The van der Waals surface area contributed by atoms with Crippen LogP contribution in [-0.4, -0.2) is 24.2 Å². The molecule has 1 N–H and O–H groups in total. The standard InChI is InChI=1S/C13H23NO2/c1-12(2)7-5-10(9-12)14-11(15)13(3)6-4-8-16-13/h10H,4-9H2,1-3H3,(H,14,15). The minimum absolute atomic E-state index is 0.0905. The summed E-state index contributed by atoms with van der Waals surface area (Å²) in [4.78, 5) is 12.1. The van der Waals surface area contributed by atoms with Crippen molar-refractivity contribution < 1.29 is 9.53 Å². The van der Waals surface area contributed by atoms with E-state index in [9.17, 15) is 4.79 Å². The lowest BCUT2D eigenvalue weighted by Gasteiger charge is -2.25. The lowest BCUT2D eigenvalue weighted by molar-refractivity contribution is -0.140. The molecule has 2 fully saturated rings. The molecule has 3 nitrogen and oxygen atoms in total. The van der Waals surface area contributed by atoms with E-state index in [2.05, 4.69) is 19.2 Å². The van der Waals surface area contributed by atoms with Crippen LogP contribution in [0.5, 0.6) is 0 Å². The van der Waals surface area contributed by atoms with Gasteiger partial charge in [0, 0.05) is 12.6 Å². The van der Waals surface area contributed by atoms with Gasteiger partial charge in [-0.25, -0.2) is 0 Å². The van der Waals surface area contributed by atoms with Crippen LogP contribution in [0.3, 0.4) is 0 Å². The Morgan fingerprint density at radius 1 is 1.31 bits per heavy atom. The Kier molecular flexibility index (Phi) is 2.99.